The minimum absolute atomic E-state index is 0.0195. The normalized spacial score (nSPS) is 17.5. The second kappa shape index (κ2) is 11.0. The molecule has 1 aromatic heterocycles. The number of ether oxygens (including phenoxy) is 1. The summed E-state index contributed by atoms with van der Waals surface area (Å²) in [6, 6.07) is 7.66. The van der Waals surface area contributed by atoms with Gasteiger partial charge in [-0.15, -0.1) is 11.3 Å². The minimum Gasteiger partial charge on any atom is -0.487 e. The highest BCUT2D eigenvalue weighted by Gasteiger charge is 2.28. The van der Waals surface area contributed by atoms with Crippen molar-refractivity contribution in [3.63, 3.8) is 0 Å². The molecule has 0 radical (unpaired) electrons. The smallest absolute Gasteiger partial charge is 0.306 e. The van der Waals surface area contributed by atoms with E-state index in [-0.39, 0.29) is 18.8 Å². The van der Waals surface area contributed by atoms with Gasteiger partial charge in [-0.3, -0.25) is 14.4 Å². The summed E-state index contributed by atoms with van der Waals surface area (Å²) in [6.07, 6.45) is 1.15. The van der Waals surface area contributed by atoms with Gasteiger partial charge in [-0.1, -0.05) is 12.1 Å². The Morgan fingerprint density at radius 2 is 1.61 bits per heavy atom. The number of hydrogen-bond acceptors (Lipinski definition) is 5. The van der Waals surface area contributed by atoms with Crippen molar-refractivity contribution >= 4 is 39.2 Å². The van der Waals surface area contributed by atoms with Crippen molar-refractivity contribution < 1.29 is 37.4 Å². The van der Waals surface area contributed by atoms with Crippen molar-refractivity contribution in [3.8, 4) is 5.75 Å². The Morgan fingerprint density at radius 3 is 2.28 bits per heavy atom. The summed E-state index contributed by atoms with van der Waals surface area (Å²) in [4.78, 5) is 36.0. The van der Waals surface area contributed by atoms with E-state index in [1.807, 2.05) is 0 Å². The fourth-order valence-corrected chi connectivity index (χ4v) is 5.05. The molecule has 0 atom stereocenters. The molecule has 3 aromatic rings. The lowest BCUT2D eigenvalue weighted by Gasteiger charge is -2.27. The first-order valence-electron chi connectivity index (χ1n) is 11.4. The number of halogens is 3. The van der Waals surface area contributed by atoms with Gasteiger partial charge in [0.25, 0.3) is 11.8 Å². The molecule has 11 heteroatoms. The van der Waals surface area contributed by atoms with Crippen LogP contribution in [0.4, 0.5) is 13.2 Å². The monoisotopic (exact) mass is 520 g/mol. The third-order valence-electron chi connectivity index (χ3n) is 6.00. The van der Waals surface area contributed by atoms with E-state index in [1.165, 1.54) is 6.07 Å². The summed E-state index contributed by atoms with van der Waals surface area (Å²) in [5.41, 5.74) is -0.513. The predicted molar refractivity (Wildman–Crippen MR) is 127 cm³/mol. The fourth-order valence-electron chi connectivity index (χ4n) is 4.07. The van der Waals surface area contributed by atoms with Gasteiger partial charge in [0.15, 0.2) is 11.6 Å². The Balaban J connectivity index is 1.27. The first kappa shape index (κ1) is 25.5. The van der Waals surface area contributed by atoms with Gasteiger partial charge in [0.2, 0.25) is 0 Å². The predicted octanol–water partition coefficient (Wildman–Crippen LogP) is 4.50. The number of carboxylic acid groups (broad SMARTS) is 1. The molecular formula is C25H23F3N2O5S. The number of fused-ring (bicyclic) bond motifs is 1. The minimum atomic E-state index is -0.973. The molecule has 1 heterocycles. The maximum atomic E-state index is 14.5. The second-order valence-corrected chi connectivity index (χ2v) is 9.53. The number of carbonyl (C=O) groups is 3. The molecule has 0 saturated heterocycles. The quantitative estimate of drug-likeness (QED) is 0.380. The van der Waals surface area contributed by atoms with Crippen LogP contribution in [0.2, 0.25) is 0 Å². The molecular weight excluding hydrogens is 497 g/mol. The zero-order chi connectivity index (χ0) is 25.8. The summed E-state index contributed by atoms with van der Waals surface area (Å²) in [7, 11) is 0. The van der Waals surface area contributed by atoms with Crippen LogP contribution in [0, 0.1) is 23.4 Å². The number of thiophene rings is 1. The molecule has 0 aliphatic heterocycles. The van der Waals surface area contributed by atoms with E-state index in [0.29, 0.717) is 40.6 Å². The molecule has 1 saturated carbocycles. The van der Waals surface area contributed by atoms with Gasteiger partial charge in [-0.25, -0.2) is 13.2 Å². The summed E-state index contributed by atoms with van der Waals surface area (Å²) >= 11 is 1.01. The van der Waals surface area contributed by atoms with Gasteiger partial charge in [-0.05, 0) is 49.3 Å². The number of aliphatic carboxylic acids is 1. The van der Waals surface area contributed by atoms with E-state index in [4.69, 9.17) is 9.84 Å². The van der Waals surface area contributed by atoms with Crippen LogP contribution < -0.4 is 15.4 Å². The number of amides is 2. The molecule has 2 amide bonds. The van der Waals surface area contributed by atoms with Gasteiger partial charge in [-0.2, -0.15) is 0 Å². The first-order chi connectivity index (χ1) is 17.2. The van der Waals surface area contributed by atoms with Crippen LogP contribution in [0.1, 0.15) is 45.7 Å². The highest BCUT2D eigenvalue weighted by Crippen LogP contribution is 2.30. The molecule has 2 aromatic carbocycles. The molecule has 1 aliphatic rings. The van der Waals surface area contributed by atoms with Crippen molar-refractivity contribution in [1.29, 1.82) is 0 Å². The van der Waals surface area contributed by atoms with Crippen LogP contribution in [-0.2, 0) is 4.79 Å². The molecule has 190 valence electrons. The molecule has 0 bridgehead atoms. The standard InChI is InChI=1S/C25H23F3N2O5S/c26-17-3-1-2-14-10-21(36-22(14)17)24(32)30-9-8-29-23(31)16-11-19(28)20(12-18(16)27)35-15-6-4-13(5-7-15)25(33)34/h1-3,10-13,15H,4-9H2,(H,29,31)(H,30,32)(H,33,34)/t13-,15+. The summed E-state index contributed by atoms with van der Waals surface area (Å²) in [5, 5.41) is 14.7. The van der Waals surface area contributed by atoms with Gasteiger partial charge >= 0.3 is 5.97 Å². The molecule has 4 rings (SSSR count). The first-order valence-corrected chi connectivity index (χ1v) is 12.2. The lowest BCUT2D eigenvalue weighted by Crippen LogP contribution is -2.34. The lowest BCUT2D eigenvalue weighted by molar-refractivity contribution is -0.143. The maximum Gasteiger partial charge on any atom is 0.306 e. The largest absolute Gasteiger partial charge is 0.487 e. The fraction of sp³-hybridized carbons (Fsp3) is 0.320. The van der Waals surface area contributed by atoms with Gasteiger partial charge in [0.1, 0.15) is 11.6 Å². The SMILES string of the molecule is O=C(NCCNC(=O)c1cc(F)c(O[C@H]2CC[C@@H](C(=O)O)CC2)cc1F)c1cc2cccc(F)c2s1. The number of carbonyl (C=O) groups excluding carboxylic acids is 2. The van der Waals surface area contributed by atoms with Crippen molar-refractivity contribution in [2.75, 3.05) is 13.1 Å². The maximum absolute atomic E-state index is 14.5. The number of hydrogen-bond donors (Lipinski definition) is 3. The van der Waals surface area contributed by atoms with Crippen LogP contribution in [0.15, 0.2) is 36.4 Å². The van der Waals surface area contributed by atoms with Crippen LogP contribution in [0.25, 0.3) is 10.1 Å². The molecule has 1 aliphatic carbocycles. The number of rotatable bonds is 8. The average molecular weight is 521 g/mol. The molecule has 0 unspecified atom stereocenters. The molecule has 3 N–H and O–H groups in total. The van der Waals surface area contributed by atoms with Crippen molar-refractivity contribution in [1.82, 2.24) is 10.6 Å². The van der Waals surface area contributed by atoms with Crippen molar-refractivity contribution in [2.24, 2.45) is 5.92 Å². The summed E-state index contributed by atoms with van der Waals surface area (Å²) in [5.74, 6) is -5.29. The molecule has 1 fully saturated rings. The summed E-state index contributed by atoms with van der Waals surface area (Å²) < 4.78 is 48.7. The van der Waals surface area contributed by atoms with Crippen molar-refractivity contribution in [2.45, 2.75) is 31.8 Å². The summed E-state index contributed by atoms with van der Waals surface area (Å²) in [6.45, 7) is -0.0262. The molecule has 0 spiro atoms. The Kier molecular flexibility index (Phi) is 7.78. The van der Waals surface area contributed by atoms with E-state index in [0.717, 1.165) is 23.5 Å². The number of carboxylic acids is 1. The van der Waals surface area contributed by atoms with Crippen LogP contribution in [-0.4, -0.2) is 42.1 Å². The molecule has 36 heavy (non-hydrogen) atoms. The zero-order valence-electron chi connectivity index (χ0n) is 19.0. The van der Waals surface area contributed by atoms with Crippen LogP contribution >= 0.6 is 11.3 Å². The highest BCUT2D eigenvalue weighted by atomic mass is 32.1. The van der Waals surface area contributed by atoms with Crippen LogP contribution in [0.3, 0.4) is 0 Å². The second-order valence-electron chi connectivity index (χ2n) is 8.47. The Morgan fingerprint density at radius 1 is 0.917 bits per heavy atom. The third-order valence-corrected chi connectivity index (χ3v) is 7.16. The Bertz CT molecular complexity index is 1300. The van der Waals surface area contributed by atoms with Gasteiger partial charge in [0.05, 0.1) is 27.2 Å². The Labute approximate surface area is 208 Å². The lowest BCUT2D eigenvalue weighted by atomic mass is 9.87. The van der Waals surface area contributed by atoms with Crippen molar-refractivity contribution in [3.05, 3.63) is 64.3 Å². The average Bonchev–Trinajstić information content (AvgIpc) is 3.30. The van der Waals surface area contributed by atoms with Gasteiger partial charge < -0.3 is 20.5 Å². The van der Waals surface area contributed by atoms with E-state index < -0.39 is 52.8 Å². The molecule has 7 nitrogen and oxygen atoms in total. The van der Waals surface area contributed by atoms with E-state index >= 15 is 0 Å². The zero-order valence-corrected chi connectivity index (χ0v) is 19.8. The highest BCUT2D eigenvalue weighted by molar-refractivity contribution is 7.20. The third kappa shape index (κ3) is 5.78. The number of nitrogens with one attached hydrogen (secondary N) is 2. The number of benzene rings is 2. The Hall–Kier alpha value is -3.60. The van der Waals surface area contributed by atoms with Crippen LogP contribution in [0.5, 0.6) is 5.75 Å². The van der Waals surface area contributed by atoms with E-state index in [1.54, 1.807) is 18.2 Å². The topological polar surface area (TPSA) is 105 Å². The van der Waals surface area contributed by atoms with E-state index in [2.05, 4.69) is 10.6 Å². The van der Waals surface area contributed by atoms with E-state index in [9.17, 15) is 27.6 Å². The van der Waals surface area contributed by atoms with Gasteiger partial charge in [0, 0.05) is 19.2 Å².